The van der Waals surface area contributed by atoms with E-state index in [1.807, 2.05) is 35.4 Å². The van der Waals surface area contributed by atoms with Crippen LogP contribution in [0.1, 0.15) is 19.4 Å². The van der Waals surface area contributed by atoms with Gasteiger partial charge in [0.2, 0.25) is 5.91 Å². The van der Waals surface area contributed by atoms with Gasteiger partial charge < -0.3 is 4.90 Å². The Morgan fingerprint density at radius 3 is 2.78 bits per heavy atom. The molecule has 1 aliphatic rings. The number of fused-ring (bicyclic) bond motifs is 1. The zero-order chi connectivity index (χ0) is 19.0. The molecular formula is C21H19FN2OS2. The number of thioether (sulfide) groups is 1. The second-order valence-corrected chi connectivity index (χ2v) is 9.10. The van der Waals surface area contributed by atoms with Crippen LogP contribution in [0.15, 0.2) is 58.3 Å². The highest BCUT2D eigenvalue weighted by Crippen LogP contribution is 2.36. The summed E-state index contributed by atoms with van der Waals surface area (Å²) in [5, 5.41) is 1.71. The first-order valence-electron chi connectivity index (χ1n) is 8.82. The average molecular weight is 399 g/mol. The third kappa shape index (κ3) is 3.64. The molecule has 1 aromatic heterocycles. The Hall–Kier alpha value is -2.18. The molecule has 0 N–H and O–H groups in total. The van der Waals surface area contributed by atoms with E-state index in [-0.39, 0.29) is 23.0 Å². The van der Waals surface area contributed by atoms with Crippen molar-refractivity contribution in [3.8, 4) is 11.3 Å². The number of carbonyl (C=O) groups excluding carboxylic acids is 1. The molecule has 0 saturated carbocycles. The molecule has 2 aromatic carbocycles. The quantitative estimate of drug-likeness (QED) is 0.551. The third-order valence-electron chi connectivity index (χ3n) is 4.69. The van der Waals surface area contributed by atoms with Gasteiger partial charge >= 0.3 is 0 Å². The summed E-state index contributed by atoms with van der Waals surface area (Å²) < 4.78 is 13.9. The van der Waals surface area contributed by atoms with Crippen LogP contribution in [0.25, 0.3) is 11.3 Å². The number of amides is 1. The Labute approximate surface area is 166 Å². The number of anilines is 1. The Morgan fingerprint density at radius 2 is 2.00 bits per heavy atom. The molecule has 0 unspecified atom stereocenters. The van der Waals surface area contributed by atoms with Crippen LogP contribution in [0.5, 0.6) is 0 Å². The van der Waals surface area contributed by atoms with Crippen molar-refractivity contribution in [1.82, 2.24) is 4.98 Å². The van der Waals surface area contributed by atoms with E-state index < -0.39 is 0 Å². The standard InChI is InChI=1S/C21H19FN2OS2/c1-13-11-16-5-3-4-6-19(16)24(13)20(25)14(2)27-21-23-18(12-26-21)15-7-9-17(22)10-8-15/h3-10,12-14H,11H2,1-2H3/t13-,14+/m0/s1. The van der Waals surface area contributed by atoms with Crippen LogP contribution in [-0.4, -0.2) is 22.2 Å². The molecule has 2 heterocycles. The number of para-hydroxylation sites is 1. The molecule has 27 heavy (non-hydrogen) atoms. The minimum Gasteiger partial charge on any atom is -0.308 e. The first-order valence-corrected chi connectivity index (χ1v) is 10.6. The van der Waals surface area contributed by atoms with Crippen molar-refractivity contribution in [2.45, 2.75) is 35.9 Å². The maximum Gasteiger partial charge on any atom is 0.240 e. The molecule has 0 aliphatic carbocycles. The number of hydrogen-bond acceptors (Lipinski definition) is 4. The van der Waals surface area contributed by atoms with Gasteiger partial charge in [-0.1, -0.05) is 30.0 Å². The minimum absolute atomic E-state index is 0.107. The lowest BCUT2D eigenvalue weighted by Crippen LogP contribution is -2.40. The van der Waals surface area contributed by atoms with E-state index in [9.17, 15) is 9.18 Å². The number of hydrogen-bond donors (Lipinski definition) is 0. The Bertz CT molecular complexity index is 970. The van der Waals surface area contributed by atoms with Crippen molar-refractivity contribution in [2.75, 3.05) is 4.90 Å². The molecule has 1 amide bonds. The zero-order valence-corrected chi connectivity index (χ0v) is 16.7. The van der Waals surface area contributed by atoms with Gasteiger partial charge in [0.05, 0.1) is 10.9 Å². The van der Waals surface area contributed by atoms with Crippen molar-refractivity contribution in [2.24, 2.45) is 0 Å². The summed E-state index contributed by atoms with van der Waals surface area (Å²) in [6.45, 7) is 4.02. The van der Waals surface area contributed by atoms with Gasteiger partial charge in [-0.05, 0) is 56.2 Å². The van der Waals surface area contributed by atoms with Crippen molar-refractivity contribution in [1.29, 1.82) is 0 Å². The van der Waals surface area contributed by atoms with E-state index in [1.54, 1.807) is 12.1 Å². The molecule has 4 rings (SSSR count). The van der Waals surface area contributed by atoms with Crippen LogP contribution in [0.4, 0.5) is 10.1 Å². The van der Waals surface area contributed by atoms with Gasteiger partial charge in [0.1, 0.15) is 5.82 Å². The third-order valence-corrected chi connectivity index (χ3v) is 6.75. The maximum atomic E-state index is 13.1. The maximum absolute atomic E-state index is 13.1. The Balaban J connectivity index is 1.49. The summed E-state index contributed by atoms with van der Waals surface area (Å²) in [6, 6.07) is 14.6. The molecule has 0 bridgehead atoms. The van der Waals surface area contributed by atoms with Gasteiger partial charge in [0.15, 0.2) is 4.34 Å². The normalized spacial score (nSPS) is 17.0. The summed E-state index contributed by atoms with van der Waals surface area (Å²) in [4.78, 5) is 19.6. The van der Waals surface area contributed by atoms with Gasteiger partial charge in [0.25, 0.3) is 0 Å². The highest BCUT2D eigenvalue weighted by atomic mass is 32.2. The molecule has 2 atom stereocenters. The fourth-order valence-corrected chi connectivity index (χ4v) is 5.38. The van der Waals surface area contributed by atoms with E-state index in [4.69, 9.17) is 0 Å². The van der Waals surface area contributed by atoms with Gasteiger partial charge in [-0.15, -0.1) is 11.3 Å². The molecule has 0 saturated heterocycles. The van der Waals surface area contributed by atoms with Crippen molar-refractivity contribution >= 4 is 34.7 Å². The molecule has 138 valence electrons. The van der Waals surface area contributed by atoms with E-state index in [2.05, 4.69) is 18.0 Å². The van der Waals surface area contributed by atoms with Gasteiger partial charge in [-0.2, -0.15) is 0 Å². The van der Waals surface area contributed by atoms with Crippen molar-refractivity contribution < 1.29 is 9.18 Å². The number of thiazole rings is 1. The topological polar surface area (TPSA) is 33.2 Å². The number of halogens is 1. The fourth-order valence-electron chi connectivity index (χ4n) is 3.36. The van der Waals surface area contributed by atoms with Crippen LogP contribution < -0.4 is 4.90 Å². The largest absolute Gasteiger partial charge is 0.308 e. The summed E-state index contributed by atoms with van der Waals surface area (Å²) in [7, 11) is 0. The number of benzene rings is 2. The second-order valence-electron chi connectivity index (χ2n) is 6.66. The lowest BCUT2D eigenvalue weighted by molar-refractivity contribution is -0.118. The number of carbonyl (C=O) groups is 1. The molecule has 3 nitrogen and oxygen atoms in total. The highest BCUT2D eigenvalue weighted by molar-refractivity contribution is 8.02. The minimum atomic E-state index is -0.261. The molecular weight excluding hydrogens is 379 g/mol. The second kappa shape index (κ2) is 7.44. The van der Waals surface area contributed by atoms with Crippen LogP contribution >= 0.6 is 23.1 Å². The predicted molar refractivity (Wildman–Crippen MR) is 110 cm³/mol. The van der Waals surface area contributed by atoms with E-state index in [0.717, 1.165) is 27.7 Å². The number of nitrogens with zero attached hydrogens (tertiary/aromatic N) is 2. The zero-order valence-electron chi connectivity index (χ0n) is 15.1. The highest BCUT2D eigenvalue weighted by Gasteiger charge is 2.33. The average Bonchev–Trinajstić information content (AvgIpc) is 3.25. The van der Waals surface area contributed by atoms with Gasteiger partial charge in [0, 0.05) is 22.7 Å². The summed E-state index contributed by atoms with van der Waals surface area (Å²) in [5.74, 6) is -0.154. The summed E-state index contributed by atoms with van der Waals surface area (Å²) in [6.07, 6.45) is 0.894. The first kappa shape index (κ1) is 18.2. The smallest absolute Gasteiger partial charge is 0.240 e. The van der Waals surface area contributed by atoms with Gasteiger partial charge in [-0.3, -0.25) is 4.79 Å². The monoisotopic (exact) mass is 398 g/mol. The Morgan fingerprint density at radius 1 is 1.26 bits per heavy atom. The lowest BCUT2D eigenvalue weighted by Gasteiger charge is -2.25. The molecule has 3 aromatic rings. The molecule has 6 heteroatoms. The molecule has 0 radical (unpaired) electrons. The van der Waals surface area contributed by atoms with Crippen molar-refractivity contribution in [3.63, 3.8) is 0 Å². The Kier molecular flexibility index (Phi) is 5.02. The van der Waals surface area contributed by atoms with E-state index >= 15 is 0 Å². The number of aromatic nitrogens is 1. The molecule has 0 spiro atoms. The number of rotatable bonds is 4. The summed E-state index contributed by atoms with van der Waals surface area (Å²) in [5.41, 5.74) is 3.93. The predicted octanol–water partition coefficient (Wildman–Crippen LogP) is 5.41. The van der Waals surface area contributed by atoms with Crippen LogP contribution in [0.3, 0.4) is 0 Å². The molecule has 0 fully saturated rings. The summed E-state index contributed by atoms with van der Waals surface area (Å²) >= 11 is 2.99. The first-order chi connectivity index (χ1) is 13.0. The molecule has 1 aliphatic heterocycles. The fraction of sp³-hybridized carbons (Fsp3) is 0.238. The van der Waals surface area contributed by atoms with Crippen molar-refractivity contribution in [3.05, 3.63) is 65.3 Å². The van der Waals surface area contributed by atoms with Crippen LogP contribution in [0.2, 0.25) is 0 Å². The van der Waals surface area contributed by atoms with E-state index in [1.165, 1.54) is 40.8 Å². The lowest BCUT2D eigenvalue weighted by atomic mass is 10.1. The van der Waals surface area contributed by atoms with E-state index in [0.29, 0.717) is 0 Å². The van der Waals surface area contributed by atoms with Crippen LogP contribution in [0, 0.1) is 5.82 Å². The SMILES string of the molecule is C[C@@H](Sc1nc(-c2ccc(F)cc2)cs1)C(=O)N1c2ccccc2C[C@@H]1C. The van der Waals surface area contributed by atoms with Gasteiger partial charge in [-0.25, -0.2) is 9.37 Å². The van der Waals surface area contributed by atoms with Crippen LogP contribution in [-0.2, 0) is 11.2 Å².